The minimum absolute atomic E-state index is 0.234. The van der Waals surface area contributed by atoms with Gasteiger partial charge in [0.2, 0.25) is 0 Å². The maximum absolute atomic E-state index is 12.1. The summed E-state index contributed by atoms with van der Waals surface area (Å²) in [5.74, 6) is 1.18. The van der Waals surface area contributed by atoms with Crippen LogP contribution in [0.3, 0.4) is 0 Å². The lowest BCUT2D eigenvalue weighted by Crippen LogP contribution is -2.36. The first-order valence-corrected chi connectivity index (χ1v) is 7.79. The van der Waals surface area contributed by atoms with Crippen LogP contribution >= 0.6 is 11.6 Å². The highest BCUT2D eigenvalue weighted by atomic mass is 35.5. The fraction of sp³-hybridized carbons (Fsp3) is 0.667. The lowest BCUT2D eigenvalue weighted by atomic mass is 10.1. The molecule has 1 amide bonds. The molecule has 22 heavy (non-hydrogen) atoms. The van der Waals surface area contributed by atoms with Crippen molar-refractivity contribution < 1.29 is 9.53 Å². The average molecular weight is 327 g/mol. The van der Waals surface area contributed by atoms with E-state index in [1.807, 2.05) is 32.7 Å². The molecular formula is C15H23ClN4O2. The molecule has 122 valence electrons. The zero-order valence-electron chi connectivity index (χ0n) is 13.5. The number of halogens is 1. The van der Waals surface area contributed by atoms with Crippen molar-refractivity contribution >= 4 is 23.5 Å². The Kier molecular flexibility index (Phi) is 5.11. The molecule has 0 spiro atoms. The molecule has 0 bridgehead atoms. The summed E-state index contributed by atoms with van der Waals surface area (Å²) in [5.41, 5.74) is -0.455. The molecule has 2 heterocycles. The van der Waals surface area contributed by atoms with Gasteiger partial charge in [-0.3, -0.25) is 0 Å². The van der Waals surface area contributed by atoms with E-state index in [-0.39, 0.29) is 6.09 Å². The van der Waals surface area contributed by atoms with Crippen molar-refractivity contribution in [1.29, 1.82) is 0 Å². The van der Waals surface area contributed by atoms with Gasteiger partial charge in [0.05, 0.1) is 0 Å². The van der Waals surface area contributed by atoms with E-state index in [2.05, 4.69) is 9.97 Å². The topological polar surface area (TPSA) is 58.6 Å². The smallest absolute Gasteiger partial charge is 0.410 e. The molecular weight excluding hydrogens is 304 g/mol. The second-order valence-electron chi connectivity index (χ2n) is 6.66. The van der Waals surface area contributed by atoms with Crippen molar-refractivity contribution in [3.05, 3.63) is 17.5 Å². The van der Waals surface area contributed by atoms with Crippen molar-refractivity contribution in [1.82, 2.24) is 14.9 Å². The van der Waals surface area contributed by atoms with Crippen LogP contribution in [0, 0.1) is 5.92 Å². The number of ether oxygens (including phenoxy) is 1. The molecule has 2 rings (SSSR count). The number of likely N-dealkylation sites (tertiary alicyclic amines) is 1. The molecule has 1 fully saturated rings. The summed E-state index contributed by atoms with van der Waals surface area (Å²) < 4.78 is 5.41. The minimum atomic E-state index is -0.455. The molecule has 0 radical (unpaired) electrons. The van der Waals surface area contributed by atoms with E-state index in [4.69, 9.17) is 16.3 Å². The van der Waals surface area contributed by atoms with Gasteiger partial charge in [-0.15, -0.1) is 0 Å². The summed E-state index contributed by atoms with van der Waals surface area (Å²) in [6, 6.07) is 1.74. The number of carbonyl (C=O) groups excluding carboxylic acids is 1. The third kappa shape index (κ3) is 4.73. The van der Waals surface area contributed by atoms with E-state index >= 15 is 0 Å². The van der Waals surface area contributed by atoms with E-state index in [9.17, 15) is 4.79 Å². The van der Waals surface area contributed by atoms with Crippen molar-refractivity contribution in [2.45, 2.75) is 32.8 Å². The van der Waals surface area contributed by atoms with Crippen LogP contribution in [0.5, 0.6) is 0 Å². The van der Waals surface area contributed by atoms with Crippen molar-refractivity contribution in [2.24, 2.45) is 5.92 Å². The summed E-state index contributed by atoms with van der Waals surface area (Å²) in [5, 5.41) is 0.429. The molecule has 1 aliphatic heterocycles. The van der Waals surface area contributed by atoms with Crippen LogP contribution in [0.4, 0.5) is 10.6 Å². The van der Waals surface area contributed by atoms with Gasteiger partial charge < -0.3 is 14.5 Å². The third-order valence-electron chi connectivity index (χ3n) is 3.48. The first-order valence-electron chi connectivity index (χ1n) is 7.41. The molecule has 1 aromatic rings. The number of carbonyl (C=O) groups is 1. The van der Waals surface area contributed by atoms with Gasteiger partial charge in [0.15, 0.2) is 0 Å². The van der Waals surface area contributed by atoms with Crippen molar-refractivity contribution in [3.63, 3.8) is 0 Å². The van der Waals surface area contributed by atoms with Crippen LogP contribution in [-0.2, 0) is 4.74 Å². The Hall–Kier alpha value is -1.56. The Bertz CT molecular complexity index is 533. The van der Waals surface area contributed by atoms with Gasteiger partial charge >= 0.3 is 6.09 Å². The highest BCUT2D eigenvalue weighted by Crippen LogP contribution is 2.22. The summed E-state index contributed by atoms with van der Waals surface area (Å²) in [6.45, 7) is 7.89. The zero-order chi connectivity index (χ0) is 16.3. The van der Waals surface area contributed by atoms with Crippen LogP contribution in [0.15, 0.2) is 12.4 Å². The van der Waals surface area contributed by atoms with Crippen molar-refractivity contribution in [2.75, 3.05) is 31.6 Å². The molecule has 1 atom stereocenters. The van der Waals surface area contributed by atoms with Gasteiger partial charge in [-0.25, -0.2) is 14.8 Å². The van der Waals surface area contributed by atoms with Gasteiger partial charge in [0.25, 0.3) is 0 Å². The monoisotopic (exact) mass is 326 g/mol. The number of hydrogen-bond acceptors (Lipinski definition) is 5. The van der Waals surface area contributed by atoms with Crippen LogP contribution in [0.2, 0.25) is 5.15 Å². The molecule has 0 aromatic carbocycles. The van der Waals surface area contributed by atoms with Crippen LogP contribution in [0.25, 0.3) is 0 Å². The first kappa shape index (κ1) is 16.8. The number of rotatable bonds is 3. The fourth-order valence-corrected chi connectivity index (χ4v) is 2.63. The number of amides is 1. The van der Waals surface area contributed by atoms with Crippen LogP contribution in [0.1, 0.15) is 27.2 Å². The molecule has 7 heteroatoms. The third-order valence-corrected chi connectivity index (χ3v) is 3.69. The standard InChI is InChI=1S/C15H23ClN4O2/c1-15(2,3)22-14(21)20-6-5-11(9-20)8-19(4)13-7-12(16)17-10-18-13/h7,10-11H,5-6,8-9H2,1-4H3. The number of aromatic nitrogens is 2. The summed E-state index contributed by atoms with van der Waals surface area (Å²) in [6.07, 6.45) is 2.18. The number of hydrogen-bond donors (Lipinski definition) is 0. The van der Waals surface area contributed by atoms with Gasteiger partial charge in [-0.1, -0.05) is 11.6 Å². The maximum atomic E-state index is 12.1. The van der Waals surface area contributed by atoms with E-state index in [0.717, 1.165) is 25.3 Å². The Morgan fingerprint density at radius 2 is 2.23 bits per heavy atom. The molecule has 0 aliphatic carbocycles. The Morgan fingerprint density at radius 3 is 2.86 bits per heavy atom. The number of nitrogens with zero attached hydrogens (tertiary/aromatic N) is 4. The first-order chi connectivity index (χ1) is 10.2. The Morgan fingerprint density at radius 1 is 1.50 bits per heavy atom. The SMILES string of the molecule is CN(CC1CCN(C(=O)OC(C)(C)C)C1)c1cc(Cl)ncn1. The minimum Gasteiger partial charge on any atom is -0.444 e. The highest BCUT2D eigenvalue weighted by Gasteiger charge is 2.30. The second-order valence-corrected chi connectivity index (χ2v) is 7.05. The van der Waals surface area contributed by atoms with Gasteiger partial charge in [0, 0.05) is 32.7 Å². The second kappa shape index (κ2) is 6.69. The predicted octanol–water partition coefficient (Wildman–Crippen LogP) is 2.82. The van der Waals surface area contributed by atoms with Gasteiger partial charge in [0.1, 0.15) is 22.9 Å². The van der Waals surface area contributed by atoms with Gasteiger partial charge in [-0.2, -0.15) is 0 Å². The van der Waals surface area contributed by atoms with Crippen LogP contribution < -0.4 is 4.90 Å². The zero-order valence-corrected chi connectivity index (χ0v) is 14.3. The molecule has 1 unspecified atom stereocenters. The average Bonchev–Trinajstić information content (AvgIpc) is 2.85. The summed E-state index contributed by atoms with van der Waals surface area (Å²) in [7, 11) is 1.97. The molecule has 1 aromatic heterocycles. The van der Waals surface area contributed by atoms with Crippen molar-refractivity contribution in [3.8, 4) is 0 Å². The Balaban J connectivity index is 1.87. The predicted molar refractivity (Wildman–Crippen MR) is 86.2 cm³/mol. The summed E-state index contributed by atoms with van der Waals surface area (Å²) >= 11 is 5.88. The van der Waals surface area contributed by atoms with E-state index in [1.54, 1.807) is 11.0 Å². The van der Waals surface area contributed by atoms with E-state index in [0.29, 0.717) is 17.6 Å². The number of anilines is 1. The molecule has 1 saturated heterocycles. The summed E-state index contributed by atoms with van der Waals surface area (Å²) in [4.78, 5) is 24.0. The highest BCUT2D eigenvalue weighted by molar-refractivity contribution is 6.29. The maximum Gasteiger partial charge on any atom is 0.410 e. The van der Waals surface area contributed by atoms with E-state index in [1.165, 1.54) is 6.33 Å². The van der Waals surface area contributed by atoms with Gasteiger partial charge in [-0.05, 0) is 33.1 Å². The largest absolute Gasteiger partial charge is 0.444 e. The lowest BCUT2D eigenvalue weighted by molar-refractivity contribution is 0.0288. The Labute approximate surface area is 136 Å². The molecule has 0 saturated carbocycles. The normalized spacial score (nSPS) is 18.4. The molecule has 6 nitrogen and oxygen atoms in total. The lowest BCUT2D eigenvalue weighted by Gasteiger charge is -2.25. The molecule has 0 N–H and O–H groups in total. The van der Waals surface area contributed by atoms with E-state index < -0.39 is 5.60 Å². The fourth-order valence-electron chi connectivity index (χ4n) is 2.49. The van der Waals surface area contributed by atoms with Crippen LogP contribution in [-0.4, -0.2) is 53.2 Å². The quantitative estimate of drug-likeness (QED) is 0.799. The molecule has 1 aliphatic rings.